The Morgan fingerprint density at radius 3 is 2.35 bits per heavy atom. The lowest BCUT2D eigenvalue weighted by molar-refractivity contribution is 0.482. The number of nitrogens with zero attached hydrogens (tertiary/aromatic N) is 1. The second-order valence-corrected chi connectivity index (χ2v) is 5.08. The van der Waals surface area contributed by atoms with Gasteiger partial charge in [0.05, 0.1) is 0 Å². The van der Waals surface area contributed by atoms with E-state index in [1.807, 2.05) is 56.6 Å². The van der Waals surface area contributed by atoms with Crippen LogP contribution >= 0.6 is 0 Å². The first-order chi connectivity index (χ1) is 9.60. The smallest absolute Gasteiger partial charge is 0.129 e. The summed E-state index contributed by atoms with van der Waals surface area (Å²) >= 11 is 0. The van der Waals surface area contributed by atoms with Crippen LogP contribution in [-0.2, 0) is 0 Å². The molecule has 0 aromatic heterocycles. The predicted octanol–water partition coefficient (Wildman–Crippen LogP) is 3.95. The Morgan fingerprint density at radius 1 is 1.05 bits per heavy atom. The number of anilines is 1. The molecule has 2 aromatic rings. The molecule has 0 aliphatic heterocycles. The van der Waals surface area contributed by atoms with E-state index in [-0.39, 0.29) is 6.04 Å². The zero-order valence-electron chi connectivity index (χ0n) is 12.3. The lowest BCUT2D eigenvalue weighted by Crippen LogP contribution is -2.08. The molecule has 106 valence electrons. The van der Waals surface area contributed by atoms with Crippen molar-refractivity contribution in [3.8, 4) is 11.5 Å². The zero-order valence-corrected chi connectivity index (χ0v) is 12.3. The molecular formula is C17H22N2O. The van der Waals surface area contributed by atoms with Crippen LogP contribution in [0.4, 0.5) is 5.69 Å². The molecular weight excluding hydrogens is 248 g/mol. The first kappa shape index (κ1) is 14.4. The van der Waals surface area contributed by atoms with Crippen molar-refractivity contribution in [1.29, 1.82) is 0 Å². The van der Waals surface area contributed by atoms with Crippen molar-refractivity contribution in [2.24, 2.45) is 5.73 Å². The van der Waals surface area contributed by atoms with Crippen LogP contribution in [0.2, 0.25) is 0 Å². The molecule has 20 heavy (non-hydrogen) atoms. The van der Waals surface area contributed by atoms with E-state index < -0.39 is 0 Å². The van der Waals surface area contributed by atoms with Crippen LogP contribution in [0.1, 0.15) is 24.9 Å². The fraction of sp³-hybridized carbons (Fsp3) is 0.294. The average Bonchev–Trinajstić information content (AvgIpc) is 2.47. The summed E-state index contributed by atoms with van der Waals surface area (Å²) in [5, 5.41) is 0. The molecule has 0 saturated heterocycles. The predicted molar refractivity (Wildman–Crippen MR) is 84.5 cm³/mol. The summed E-state index contributed by atoms with van der Waals surface area (Å²) in [6.45, 7) is 2.09. The van der Waals surface area contributed by atoms with Gasteiger partial charge in [-0.25, -0.2) is 0 Å². The third-order valence-corrected chi connectivity index (χ3v) is 3.32. The molecule has 0 aliphatic carbocycles. The maximum absolute atomic E-state index is 6.00. The van der Waals surface area contributed by atoms with Crippen LogP contribution in [0.15, 0.2) is 48.5 Å². The van der Waals surface area contributed by atoms with Gasteiger partial charge in [0, 0.05) is 31.9 Å². The number of rotatable bonds is 5. The lowest BCUT2D eigenvalue weighted by atomic mass is 10.1. The molecule has 1 atom stereocenters. The van der Waals surface area contributed by atoms with Gasteiger partial charge in [-0.1, -0.05) is 25.1 Å². The first-order valence-electron chi connectivity index (χ1n) is 6.91. The van der Waals surface area contributed by atoms with Gasteiger partial charge < -0.3 is 15.4 Å². The summed E-state index contributed by atoms with van der Waals surface area (Å²) in [6.07, 6.45) is 0.936. The minimum absolute atomic E-state index is 0.0983. The average molecular weight is 270 g/mol. The van der Waals surface area contributed by atoms with E-state index in [9.17, 15) is 0 Å². The van der Waals surface area contributed by atoms with Crippen molar-refractivity contribution in [3.05, 3.63) is 54.1 Å². The van der Waals surface area contributed by atoms with Crippen LogP contribution in [0.3, 0.4) is 0 Å². The van der Waals surface area contributed by atoms with E-state index in [0.717, 1.165) is 29.2 Å². The number of hydrogen-bond acceptors (Lipinski definition) is 3. The number of ether oxygens (including phenoxy) is 1. The molecule has 0 heterocycles. The maximum atomic E-state index is 6.00. The largest absolute Gasteiger partial charge is 0.457 e. The standard InChI is InChI=1S/C17H22N2O/c1-4-17(18)13-8-10-15(11-9-13)20-16-7-5-6-14(12-16)19(2)3/h5-12,17H,4,18H2,1-3H3/t17-/m0/s1. The highest BCUT2D eigenvalue weighted by Gasteiger charge is 2.04. The Morgan fingerprint density at radius 2 is 1.75 bits per heavy atom. The number of hydrogen-bond donors (Lipinski definition) is 1. The first-order valence-corrected chi connectivity index (χ1v) is 6.91. The van der Waals surface area contributed by atoms with Crippen molar-refractivity contribution >= 4 is 5.69 Å². The van der Waals surface area contributed by atoms with Crippen LogP contribution in [0, 0.1) is 0 Å². The minimum atomic E-state index is 0.0983. The highest BCUT2D eigenvalue weighted by Crippen LogP contribution is 2.26. The molecule has 3 heteroatoms. The van der Waals surface area contributed by atoms with Crippen molar-refractivity contribution in [2.45, 2.75) is 19.4 Å². The fourth-order valence-corrected chi connectivity index (χ4v) is 1.98. The molecule has 0 saturated carbocycles. The van der Waals surface area contributed by atoms with Gasteiger partial charge in [-0.2, -0.15) is 0 Å². The van der Waals surface area contributed by atoms with E-state index in [1.54, 1.807) is 0 Å². The van der Waals surface area contributed by atoms with E-state index >= 15 is 0 Å². The minimum Gasteiger partial charge on any atom is -0.457 e. The summed E-state index contributed by atoms with van der Waals surface area (Å²) in [7, 11) is 4.03. The third-order valence-electron chi connectivity index (χ3n) is 3.32. The SMILES string of the molecule is CC[C@H](N)c1ccc(Oc2cccc(N(C)C)c2)cc1. The summed E-state index contributed by atoms with van der Waals surface area (Å²) < 4.78 is 5.87. The summed E-state index contributed by atoms with van der Waals surface area (Å²) in [4.78, 5) is 2.05. The number of nitrogens with two attached hydrogens (primary N) is 1. The van der Waals surface area contributed by atoms with Crippen molar-refractivity contribution in [1.82, 2.24) is 0 Å². The number of benzene rings is 2. The molecule has 0 amide bonds. The van der Waals surface area contributed by atoms with E-state index in [0.29, 0.717) is 0 Å². The van der Waals surface area contributed by atoms with Crippen molar-refractivity contribution < 1.29 is 4.74 Å². The Bertz CT molecular complexity index is 549. The summed E-state index contributed by atoms with van der Waals surface area (Å²) in [5.41, 5.74) is 8.26. The van der Waals surface area contributed by atoms with Gasteiger partial charge in [-0.15, -0.1) is 0 Å². The Hall–Kier alpha value is -2.00. The van der Waals surface area contributed by atoms with Crippen molar-refractivity contribution in [2.75, 3.05) is 19.0 Å². The molecule has 0 fully saturated rings. The molecule has 0 spiro atoms. The van der Waals surface area contributed by atoms with Crippen LogP contribution in [0.25, 0.3) is 0 Å². The highest BCUT2D eigenvalue weighted by molar-refractivity contribution is 5.50. The normalized spacial score (nSPS) is 12.0. The van der Waals surface area contributed by atoms with E-state index in [4.69, 9.17) is 10.5 Å². The molecule has 2 aromatic carbocycles. The molecule has 0 bridgehead atoms. The van der Waals surface area contributed by atoms with Crippen LogP contribution in [-0.4, -0.2) is 14.1 Å². The van der Waals surface area contributed by atoms with Gasteiger partial charge >= 0.3 is 0 Å². The molecule has 0 radical (unpaired) electrons. The summed E-state index contributed by atoms with van der Waals surface area (Å²) in [6, 6.07) is 16.1. The molecule has 3 nitrogen and oxygen atoms in total. The van der Waals surface area contributed by atoms with E-state index in [1.165, 1.54) is 0 Å². The Kier molecular flexibility index (Phi) is 4.64. The maximum Gasteiger partial charge on any atom is 0.129 e. The van der Waals surface area contributed by atoms with Crippen molar-refractivity contribution in [3.63, 3.8) is 0 Å². The van der Waals surface area contributed by atoms with Gasteiger partial charge in [0.25, 0.3) is 0 Å². The van der Waals surface area contributed by atoms with Crippen LogP contribution in [0.5, 0.6) is 11.5 Å². The molecule has 2 rings (SSSR count). The summed E-state index contributed by atoms with van der Waals surface area (Å²) in [5.74, 6) is 1.66. The Balaban J connectivity index is 2.12. The van der Waals surface area contributed by atoms with Crippen LogP contribution < -0.4 is 15.4 Å². The molecule has 2 N–H and O–H groups in total. The van der Waals surface area contributed by atoms with Gasteiger partial charge in [0.2, 0.25) is 0 Å². The quantitative estimate of drug-likeness (QED) is 0.894. The fourth-order valence-electron chi connectivity index (χ4n) is 1.98. The molecule has 0 aliphatic rings. The zero-order chi connectivity index (χ0) is 14.5. The highest BCUT2D eigenvalue weighted by atomic mass is 16.5. The third kappa shape index (κ3) is 3.52. The van der Waals surface area contributed by atoms with E-state index in [2.05, 4.69) is 17.9 Å². The Labute approximate surface area is 121 Å². The topological polar surface area (TPSA) is 38.5 Å². The van der Waals surface area contributed by atoms with Gasteiger partial charge in [-0.05, 0) is 36.2 Å². The second kappa shape index (κ2) is 6.44. The second-order valence-electron chi connectivity index (χ2n) is 5.08. The van der Waals surface area contributed by atoms with Gasteiger partial charge in [0.1, 0.15) is 11.5 Å². The van der Waals surface area contributed by atoms with Gasteiger partial charge in [-0.3, -0.25) is 0 Å². The monoisotopic (exact) mass is 270 g/mol. The molecule has 0 unspecified atom stereocenters. The van der Waals surface area contributed by atoms with Gasteiger partial charge in [0.15, 0.2) is 0 Å². The lowest BCUT2D eigenvalue weighted by Gasteiger charge is -2.14.